The molecule has 1 aliphatic heterocycles. The van der Waals surface area contributed by atoms with Crippen molar-refractivity contribution in [1.29, 1.82) is 0 Å². The molecule has 4 aromatic rings. The van der Waals surface area contributed by atoms with E-state index in [4.69, 9.17) is 18.6 Å². The van der Waals surface area contributed by atoms with Crippen LogP contribution in [0.25, 0.3) is 11.0 Å². The highest BCUT2D eigenvalue weighted by Crippen LogP contribution is 2.44. The molecule has 1 amide bonds. The summed E-state index contributed by atoms with van der Waals surface area (Å²) in [4.78, 5) is 29.6. The summed E-state index contributed by atoms with van der Waals surface area (Å²) in [5.74, 6) is 1.89. The van der Waals surface area contributed by atoms with Gasteiger partial charge in [0, 0.05) is 11.8 Å². The van der Waals surface area contributed by atoms with Crippen molar-refractivity contribution in [2.75, 3.05) is 25.7 Å². The molecule has 5 rings (SSSR count). The predicted octanol–water partition coefficient (Wildman–Crippen LogP) is 6.60. The van der Waals surface area contributed by atoms with Gasteiger partial charge in [0.1, 0.15) is 11.3 Å². The van der Waals surface area contributed by atoms with E-state index in [-0.39, 0.29) is 11.2 Å². The SMILES string of the molecule is COc1cccc(N2C(=O)c3oc4cc(C)c(C)cc4c(=O)c3C2c2ccc(OCCC(C)C)c(OC)c2)c1. The lowest BCUT2D eigenvalue weighted by Crippen LogP contribution is -2.29. The van der Waals surface area contributed by atoms with Crippen molar-refractivity contribution in [3.63, 3.8) is 0 Å². The number of anilines is 1. The lowest BCUT2D eigenvalue weighted by Gasteiger charge is -2.26. The van der Waals surface area contributed by atoms with Gasteiger partial charge in [0.15, 0.2) is 16.9 Å². The molecule has 0 fully saturated rings. The van der Waals surface area contributed by atoms with Gasteiger partial charge in [0.2, 0.25) is 5.76 Å². The van der Waals surface area contributed by atoms with E-state index in [1.807, 2.05) is 62.4 Å². The van der Waals surface area contributed by atoms with Gasteiger partial charge in [-0.3, -0.25) is 14.5 Å². The van der Waals surface area contributed by atoms with Crippen molar-refractivity contribution in [3.05, 3.63) is 92.8 Å². The fraction of sp³-hybridized carbons (Fsp3) is 0.312. The lowest BCUT2D eigenvalue weighted by molar-refractivity contribution is 0.0971. The van der Waals surface area contributed by atoms with Crippen molar-refractivity contribution in [1.82, 2.24) is 0 Å². The first-order chi connectivity index (χ1) is 18.7. The van der Waals surface area contributed by atoms with E-state index in [9.17, 15) is 9.59 Å². The number of rotatable bonds is 8. The second kappa shape index (κ2) is 10.5. The minimum Gasteiger partial charge on any atom is -0.497 e. The molecular weight excluding hydrogens is 494 g/mol. The zero-order valence-electron chi connectivity index (χ0n) is 23.2. The van der Waals surface area contributed by atoms with Crippen LogP contribution in [0.3, 0.4) is 0 Å². The third kappa shape index (κ3) is 4.73. The van der Waals surface area contributed by atoms with E-state index in [0.717, 1.165) is 17.5 Å². The number of amides is 1. The number of nitrogens with zero attached hydrogens (tertiary/aromatic N) is 1. The average molecular weight is 528 g/mol. The second-order valence-electron chi connectivity index (χ2n) is 10.3. The van der Waals surface area contributed by atoms with E-state index in [1.54, 1.807) is 25.2 Å². The summed E-state index contributed by atoms with van der Waals surface area (Å²) in [7, 11) is 3.15. The van der Waals surface area contributed by atoms with Crippen LogP contribution in [0, 0.1) is 19.8 Å². The van der Waals surface area contributed by atoms with E-state index in [1.165, 1.54) is 0 Å². The zero-order valence-corrected chi connectivity index (χ0v) is 23.2. The Bertz CT molecular complexity index is 1620. The molecule has 7 heteroatoms. The van der Waals surface area contributed by atoms with Crippen molar-refractivity contribution >= 4 is 22.6 Å². The van der Waals surface area contributed by atoms with Gasteiger partial charge in [-0.05, 0) is 79.3 Å². The minimum absolute atomic E-state index is 0.0415. The molecule has 0 spiro atoms. The number of hydrogen-bond acceptors (Lipinski definition) is 6. The molecular formula is C32H33NO6. The lowest BCUT2D eigenvalue weighted by atomic mass is 9.97. The number of aryl methyl sites for hydroxylation is 2. The van der Waals surface area contributed by atoms with Crippen LogP contribution in [0.2, 0.25) is 0 Å². The highest BCUT2D eigenvalue weighted by atomic mass is 16.5. The molecule has 0 bridgehead atoms. The Kier molecular flexibility index (Phi) is 7.08. The topological polar surface area (TPSA) is 78.2 Å². The Labute approximate surface area is 227 Å². The normalized spacial score (nSPS) is 14.7. The van der Waals surface area contributed by atoms with E-state index >= 15 is 0 Å². The number of carbonyl (C=O) groups excluding carboxylic acids is 1. The summed E-state index contributed by atoms with van der Waals surface area (Å²) in [5.41, 5.74) is 3.72. The molecule has 0 saturated heterocycles. The molecule has 1 aromatic heterocycles. The summed E-state index contributed by atoms with van der Waals surface area (Å²) in [6, 6.07) is 15.7. The maximum absolute atomic E-state index is 14.0. The van der Waals surface area contributed by atoms with Gasteiger partial charge in [0.05, 0.1) is 37.8 Å². The molecule has 7 nitrogen and oxygen atoms in total. The maximum atomic E-state index is 14.0. The monoisotopic (exact) mass is 527 g/mol. The van der Waals surface area contributed by atoms with Gasteiger partial charge < -0.3 is 18.6 Å². The highest BCUT2D eigenvalue weighted by Gasteiger charge is 2.44. The van der Waals surface area contributed by atoms with Crippen LogP contribution >= 0.6 is 0 Å². The van der Waals surface area contributed by atoms with Gasteiger partial charge in [0.25, 0.3) is 5.91 Å². The standard InChI is InChI=1S/C32H33NO6/c1-18(2)12-13-38-25-11-10-21(16-27(25)37-6)29-28-30(34)24-14-19(3)20(4)15-26(24)39-31(28)32(35)33(29)22-8-7-9-23(17-22)36-5/h7-11,14-18,29H,12-13H2,1-6H3. The molecule has 1 atom stereocenters. The third-order valence-electron chi connectivity index (χ3n) is 7.27. The number of benzene rings is 3. The fourth-order valence-electron chi connectivity index (χ4n) is 4.95. The molecule has 202 valence electrons. The van der Waals surface area contributed by atoms with Crippen LogP contribution < -0.4 is 24.5 Å². The first-order valence-electron chi connectivity index (χ1n) is 13.1. The van der Waals surface area contributed by atoms with Crippen LogP contribution in [0.5, 0.6) is 17.2 Å². The van der Waals surface area contributed by atoms with Crippen molar-refractivity contribution in [2.24, 2.45) is 5.92 Å². The van der Waals surface area contributed by atoms with Crippen LogP contribution in [-0.2, 0) is 0 Å². The minimum atomic E-state index is -0.736. The molecule has 1 aliphatic rings. The Morgan fingerprint density at radius 3 is 2.41 bits per heavy atom. The van der Waals surface area contributed by atoms with Crippen LogP contribution in [0.1, 0.15) is 59.1 Å². The fourth-order valence-corrected chi connectivity index (χ4v) is 4.95. The van der Waals surface area contributed by atoms with Gasteiger partial charge in [-0.15, -0.1) is 0 Å². The molecule has 0 saturated carbocycles. The Hall–Kier alpha value is -4.26. The van der Waals surface area contributed by atoms with Crippen LogP contribution in [0.15, 0.2) is 63.8 Å². The molecule has 0 radical (unpaired) electrons. The number of carbonyl (C=O) groups is 1. The number of hydrogen-bond donors (Lipinski definition) is 0. The Balaban J connectivity index is 1.71. The molecule has 3 aromatic carbocycles. The molecule has 1 unspecified atom stereocenters. The molecule has 0 aliphatic carbocycles. The van der Waals surface area contributed by atoms with Gasteiger partial charge in [-0.2, -0.15) is 0 Å². The van der Waals surface area contributed by atoms with Gasteiger partial charge in [-0.25, -0.2) is 0 Å². The van der Waals surface area contributed by atoms with Crippen LogP contribution in [0.4, 0.5) is 5.69 Å². The summed E-state index contributed by atoms with van der Waals surface area (Å²) < 4.78 is 23.3. The van der Waals surface area contributed by atoms with Gasteiger partial charge >= 0.3 is 0 Å². The third-order valence-corrected chi connectivity index (χ3v) is 7.27. The smallest absolute Gasteiger partial charge is 0.295 e. The summed E-state index contributed by atoms with van der Waals surface area (Å²) in [6.45, 7) is 8.75. The Morgan fingerprint density at radius 1 is 0.923 bits per heavy atom. The number of fused-ring (bicyclic) bond motifs is 2. The summed E-state index contributed by atoms with van der Waals surface area (Å²) >= 11 is 0. The van der Waals surface area contributed by atoms with Crippen molar-refractivity contribution in [3.8, 4) is 17.2 Å². The van der Waals surface area contributed by atoms with E-state index in [0.29, 0.717) is 57.6 Å². The quantitative estimate of drug-likeness (QED) is 0.257. The summed E-state index contributed by atoms with van der Waals surface area (Å²) in [6.07, 6.45) is 0.909. The highest BCUT2D eigenvalue weighted by molar-refractivity contribution is 6.10. The number of methoxy groups -OCH3 is 2. The Morgan fingerprint density at radius 2 is 1.69 bits per heavy atom. The average Bonchev–Trinajstić information content (AvgIpc) is 3.22. The van der Waals surface area contributed by atoms with Crippen molar-refractivity contribution < 1.29 is 23.4 Å². The van der Waals surface area contributed by atoms with E-state index < -0.39 is 11.9 Å². The molecule has 39 heavy (non-hydrogen) atoms. The first kappa shape index (κ1) is 26.4. The molecule has 0 N–H and O–H groups in total. The maximum Gasteiger partial charge on any atom is 0.295 e. The largest absolute Gasteiger partial charge is 0.497 e. The number of ether oxygens (including phenoxy) is 3. The first-order valence-corrected chi connectivity index (χ1v) is 13.1. The van der Waals surface area contributed by atoms with Crippen LogP contribution in [-0.4, -0.2) is 26.7 Å². The van der Waals surface area contributed by atoms with E-state index in [2.05, 4.69) is 13.8 Å². The van der Waals surface area contributed by atoms with Crippen molar-refractivity contribution in [2.45, 2.75) is 40.2 Å². The zero-order chi connectivity index (χ0) is 27.8. The summed E-state index contributed by atoms with van der Waals surface area (Å²) in [5, 5.41) is 0.447. The predicted molar refractivity (Wildman–Crippen MR) is 152 cm³/mol. The van der Waals surface area contributed by atoms with Gasteiger partial charge in [-0.1, -0.05) is 26.0 Å². The second-order valence-corrected chi connectivity index (χ2v) is 10.3. The molecule has 2 heterocycles.